The number of fused-ring (bicyclic) bond motifs is 2. The van der Waals surface area contributed by atoms with E-state index >= 15 is 0 Å². The van der Waals surface area contributed by atoms with Gasteiger partial charge >= 0.3 is 0 Å². The third kappa shape index (κ3) is 1.60. The van der Waals surface area contributed by atoms with E-state index in [4.69, 9.17) is 10.5 Å². The molecule has 0 saturated carbocycles. The van der Waals surface area contributed by atoms with E-state index < -0.39 is 0 Å². The molecule has 2 aromatic rings. The topological polar surface area (TPSA) is 47.3 Å². The van der Waals surface area contributed by atoms with Crippen LogP contribution in [0.2, 0.25) is 0 Å². The van der Waals surface area contributed by atoms with Crippen molar-refractivity contribution in [2.45, 2.75) is 13.8 Å². The fraction of sp³-hybridized carbons (Fsp3) is 0.143. The van der Waals surface area contributed by atoms with E-state index in [0.29, 0.717) is 0 Å². The molecule has 0 fully saturated rings. The first-order valence-electron chi connectivity index (χ1n) is 5.59. The predicted molar refractivity (Wildman–Crippen MR) is 70.1 cm³/mol. The van der Waals surface area contributed by atoms with Crippen molar-refractivity contribution < 1.29 is 4.74 Å². The maximum atomic E-state index is 5.89. The monoisotopic (exact) mass is 226 g/mol. The molecule has 1 heterocycles. The summed E-state index contributed by atoms with van der Waals surface area (Å²) in [5.74, 6) is 1.69. The number of nitrogen functional groups attached to an aromatic ring is 1. The van der Waals surface area contributed by atoms with Gasteiger partial charge in [0.1, 0.15) is 0 Å². The first-order chi connectivity index (χ1) is 8.13. The summed E-state index contributed by atoms with van der Waals surface area (Å²) < 4.78 is 5.88. The van der Waals surface area contributed by atoms with Gasteiger partial charge in [-0.05, 0) is 49.2 Å². The van der Waals surface area contributed by atoms with Crippen molar-refractivity contribution in [2.75, 3.05) is 11.1 Å². The molecule has 3 nitrogen and oxygen atoms in total. The smallest absolute Gasteiger partial charge is 0.151 e. The number of anilines is 3. The normalized spacial score (nSPS) is 12.1. The van der Waals surface area contributed by atoms with Gasteiger partial charge in [-0.1, -0.05) is 6.07 Å². The molecule has 0 atom stereocenters. The molecule has 1 aliphatic rings. The van der Waals surface area contributed by atoms with Gasteiger partial charge < -0.3 is 15.8 Å². The number of ether oxygens (including phenoxy) is 1. The Morgan fingerprint density at radius 1 is 1.00 bits per heavy atom. The Balaban J connectivity index is 2.11. The van der Waals surface area contributed by atoms with Gasteiger partial charge in [0.2, 0.25) is 0 Å². The molecule has 17 heavy (non-hydrogen) atoms. The average molecular weight is 226 g/mol. The minimum atomic E-state index is 0.774. The van der Waals surface area contributed by atoms with Crippen LogP contribution in [0, 0.1) is 13.8 Å². The molecule has 0 unspecified atom stereocenters. The van der Waals surface area contributed by atoms with Gasteiger partial charge in [-0.15, -0.1) is 0 Å². The van der Waals surface area contributed by atoms with Crippen molar-refractivity contribution in [3.8, 4) is 11.5 Å². The largest absolute Gasteiger partial charge is 0.453 e. The zero-order chi connectivity index (χ0) is 12.0. The third-order valence-electron chi connectivity index (χ3n) is 2.99. The predicted octanol–water partition coefficient (Wildman–Crippen LogP) is 3.73. The SMILES string of the molecule is Cc1ccc2c(c1)Oc1cc(C)c(N)cc1N2. The van der Waals surface area contributed by atoms with E-state index in [1.165, 1.54) is 5.56 Å². The van der Waals surface area contributed by atoms with Crippen LogP contribution in [0.4, 0.5) is 17.1 Å². The van der Waals surface area contributed by atoms with Gasteiger partial charge in [-0.3, -0.25) is 0 Å². The van der Waals surface area contributed by atoms with Crippen molar-refractivity contribution in [2.24, 2.45) is 0 Å². The molecule has 0 spiro atoms. The van der Waals surface area contributed by atoms with E-state index in [0.717, 1.165) is 34.1 Å². The van der Waals surface area contributed by atoms with E-state index in [-0.39, 0.29) is 0 Å². The Bertz CT molecular complexity index is 605. The van der Waals surface area contributed by atoms with Crippen LogP contribution < -0.4 is 15.8 Å². The van der Waals surface area contributed by atoms with E-state index in [9.17, 15) is 0 Å². The third-order valence-corrected chi connectivity index (χ3v) is 2.99. The first-order valence-corrected chi connectivity index (χ1v) is 5.59. The number of nitrogens with two attached hydrogens (primary N) is 1. The van der Waals surface area contributed by atoms with Crippen LogP contribution in [-0.2, 0) is 0 Å². The second-order valence-electron chi connectivity index (χ2n) is 4.43. The lowest BCUT2D eigenvalue weighted by Crippen LogP contribution is -2.04. The molecule has 0 amide bonds. The zero-order valence-electron chi connectivity index (χ0n) is 9.87. The highest BCUT2D eigenvalue weighted by atomic mass is 16.5. The Morgan fingerprint density at radius 2 is 1.76 bits per heavy atom. The molecular weight excluding hydrogens is 212 g/mol. The van der Waals surface area contributed by atoms with Crippen LogP contribution in [0.5, 0.6) is 11.5 Å². The van der Waals surface area contributed by atoms with E-state index in [2.05, 4.69) is 11.4 Å². The van der Waals surface area contributed by atoms with Crippen LogP contribution in [0.1, 0.15) is 11.1 Å². The molecule has 0 aromatic heterocycles. The Kier molecular flexibility index (Phi) is 2.01. The number of nitrogens with one attached hydrogen (secondary N) is 1. The van der Waals surface area contributed by atoms with Crippen LogP contribution in [-0.4, -0.2) is 0 Å². The highest BCUT2D eigenvalue weighted by molar-refractivity contribution is 5.78. The fourth-order valence-electron chi connectivity index (χ4n) is 1.96. The van der Waals surface area contributed by atoms with Crippen molar-refractivity contribution in [1.82, 2.24) is 0 Å². The van der Waals surface area contributed by atoms with Crippen molar-refractivity contribution >= 4 is 17.1 Å². The van der Waals surface area contributed by atoms with Gasteiger partial charge in [0, 0.05) is 5.69 Å². The Hall–Kier alpha value is -2.16. The first kappa shape index (κ1) is 10.0. The number of aryl methyl sites for hydroxylation is 2. The second kappa shape index (κ2) is 3.42. The highest BCUT2D eigenvalue weighted by Crippen LogP contribution is 2.43. The second-order valence-corrected chi connectivity index (χ2v) is 4.43. The highest BCUT2D eigenvalue weighted by Gasteiger charge is 2.17. The minimum absolute atomic E-state index is 0.774. The molecular formula is C14H14N2O. The molecule has 86 valence electrons. The summed E-state index contributed by atoms with van der Waals surface area (Å²) in [6, 6.07) is 9.97. The summed E-state index contributed by atoms with van der Waals surface area (Å²) in [6.07, 6.45) is 0. The number of hydrogen-bond acceptors (Lipinski definition) is 3. The Labute approximate surface area is 100 Å². The van der Waals surface area contributed by atoms with Crippen LogP contribution >= 0.6 is 0 Å². The van der Waals surface area contributed by atoms with Gasteiger partial charge in [0.05, 0.1) is 11.4 Å². The lowest BCUT2D eigenvalue weighted by atomic mass is 10.1. The molecule has 0 aliphatic carbocycles. The number of rotatable bonds is 0. The summed E-state index contributed by atoms with van der Waals surface area (Å²) >= 11 is 0. The summed E-state index contributed by atoms with van der Waals surface area (Å²) in [4.78, 5) is 0. The average Bonchev–Trinajstić information content (AvgIpc) is 2.28. The molecule has 3 rings (SSSR count). The maximum Gasteiger partial charge on any atom is 0.151 e. The van der Waals surface area contributed by atoms with Crippen LogP contribution in [0.25, 0.3) is 0 Å². The Morgan fingerprint density at radius 3 is 2.59 bits per heavy atom. The molecule has 3 N–H and O–H groups in total. The van der Waals surface area contributed by atoms with Gasteiger partial charge in [0.25, 0.3) is 0 Å². The zero-order valence-corrected chi connectivity index (χ0v) is 9.87. The summed E-state index contributed by atoms with van der Waals surface area (Å²) in [5.41, 5.74) is 10.8. The maximum absolute atomic E-state index is 5.89. The molecule has 0 bridgehead atoms. The lowest BCUT2D eigenvalue weighted by Gasteiger charge is -2.23. The van der Waals surface area contributed by atoms with Gasteiger partial charge in [-0.25, -0.2) is 0 Å². The summed E-state index contributed by atoms with van der Waals surface area (Å²) in [7, 11) is 0. The van der Waals surface area contributed by atoms with Crippen molar-refractivity contribution in [1.29, 1.82) is 0 Å². The molecule has 0 saturated heterocycles. The summed E-state index contributed by atoms with van der Waals surface area (Å²) in [6.45, 7) is 4.03. The standard InChI is InChI=1S/C14H14N2O/c1-8-3-4-11-13(5-8)17-14-6-9(2)10(15)7-12(14)16-11/h3-7,16H,15H2,1-2H3. The van der Waals surface area contributed by atoms with E-state index in [1.807, 2.05) is 38.1 Å². The number of benzene rings is 2. The van der Waals surface area contributed by atoms with Crippen molar-refractivity contribution in [3.63, 3.8) is 0 Å². The quantitative estimate of drug-likeness (QED) is 0.574. The minimum Gasteiger partial charge on any atom is -0.453 e. The van der Waals surface area contributed by atoms with Crippen LogP contribution in [0.15, 0.2) is 30.3 Å². The summed E-state index contributed by atoms with van der Waals surface area (Å²) in [5, 5.41) is 3.33. The molecule has 0 radical (unpaired) electrons. The lowest BCUT2D eigenvalue weighted by molar-refractivity contribution is 0.480. The molecule has 2 aromatic carbocycles. The molecule has 3 heteroatoms. The van der Waals surface area contributed by atoms with Crippen LogP contribution in [0.3, 0.4) is 0 Å². The fourth-order valence-corrected chi connectivity index (χ4v) is 1.96. The van der Waals surface area contributed by atoms with Gasteiger partial charge in [0.15, 0.2) is 11.5 Å². The number of hydrogen-bond donors (Lipinski definition) is 2. The van der Waals surface area contributed by atoms with Gasteiger partial charge in [-0.2, -0.15) is 0 Å². The van der Waals surface area contributed by atoms with E-state index in [1.54, 1.807) is 0 Å². The molecule has 1 aliphatic heterocycles. The van der Waals surface area contributed by atoms with Crippen molar-refractivity contribution in [3.05, 3.63) is 41.5 Å².